The van der Waals surface area contributed by atoms with Crippen LogP contribution in [0.25, 0.3) is 0 Å². The Morgan fingerprint density at radius 3 is 2.21 bits per heavy atom. The fourth-order valence-electron chi connectivity index (χ4n) is 2.88. The van der Waals surface area contributed by atoms with Gasteiger partial charge in [0.2, 0.25) is 11.6 Å². The fourth-order valence-corrected chi connectivity index (χ4v) is 2.88. The van der Waals surface area contributed by atoms with Crippen molar-refractivity contribution in [3.05, 3.63) is 50.2 Å². The van der Waals surface area contributed by atoms with Gasteiger partial charge in [-0.3, -0.25) is 28.4 Å². The molecule has 1 radical (unpaired) electrons. The van der Waals surface area contributed by atoms with Crippen LogP contribution >= 0.6 is 0 Å². The van der Waals surface area contributed by atoms with Crippen LogP contribution in [0.4, 0.5) is 11.4 Å². The smallest absolute Gasteiger partial charge is 0.493 e. The predicted molar refractivity (Wildman–Crippen MR) is 99.4 cm³/mol. The van der Waals surface area contributed by atoms with E-state index in [2.05, 4.69) is 10.2 Å². The Labute approximate surface area is 176 Å². The molecule has 0 bridgehead atoms. The van der Waals surface area contributed by atoms with Crippen LogP contribution in [0.15, 0.2) is 38.0 Å². The first-order valence-electron chi connectivity index (χ1n) is 8.54. The van der Waals surface area contributed by atoms with Crippen LogP contribution in [0.2, 0.25) is 0 Å². The number of azo groups is 1. The van der Waals surface area contributed by atoms with Gasteiger partial charge in [-0.2, -0.15) is 5.11 Å². The molecule has 29 heavy (non-hydrogen) atoms. The molecule has 1 aliphatic heterocycles. The summed E-state index contributed by atoms with van der Waals surface area (Å²) in [5.41, 5.74) is -1.20. The number of aromatic hydroxyl groups is 1. The van der Waals surface area contributed by atoms with Crippen LogP contribution < -0.4 is 11.2 Å². The minimum atomic E-state index is -0.806. The average molecular weight is 449 g/mol. The topological polar surface area (TPSA) is 126 Å². The largest absolute Gasteiger partial charge is 2.00 e. The third kappa shape index (κ3) is 3.78. The van der Waals surface area contributed by atoms with Crippen LogP contribution in [-0.2, 0) is 31.2 Å². The molecule has 2 aromatic rings. The van der Waals surface area contributed by atoms with Crippen molar-refractivity contribution in [1.82, 2.24) is 14.0 Å². The Balaban J connectivity index is 0.00000300. The summed E-state index contributed by atoms with van der Waals surface area (Å²) in [5.74, 6) is -1.26. The van der Waals surface area contributed by atoms with Gasteiger partial charge in [0.25, 0.3) is 17.4 Å². The molecule has 10 nitrogen and oxygen atoms in total. The van der Waals surface area contributed by atoms with E-state index < -0.39 is 28.7 Å². The number of carbonyl (C=O) groups excluding carboxylic acids is 2. The number of fused-ring (bicyclic) bond motifs is 1. The molecule has 0 aliphatic carbocycles. The summed E-state index contributed by atoms with van der Waals surface area (Å²) in [4.78, 5) is 50.0. The molecule has 1 aliphatic rings. The molecule has 1 aromatic carbocycles. The average Bonchev–Trinajstić information content (AvgIpc) is 2.89. The maximum Gasteiger partial charge on any atom is 2.00 e. The Morgan fingerprint density at radius 1 is 0.966 bits per heavy atom. The third-order valence-corrected chi connectivity index (χ3v) is 4.38. The molecule has 1 aromatic heterocycles. The maximum atomic E-state index is 12.5. The third-order valence-electron chi connectivity index (χ3n) is 4.38. The van der Waals surface area contributed by atoms with E-state index in [0.29, 0.717) is 6.54 Å². The van der Waals surface area contributed by atoms with Gasteiger partial charge >= 0.3 is 22.8 Å². The van der Waals surface area contributed by atoms with Crippen molar-refractivity contribution in [2.24, 2.45) is 30.2 Å². The van der Waals surface area contributed by atoms with E-state index >= 15 is 0 Å². The predicted octanol–water partition coefficient (Wildman–Crippen LogP) is 1.45. The Morgan fingerprint density at radius 2 is 1.59 bits per heavy atom. The first-order valence-corrected chi connectivity index (χ1v) is 8.54. The van der Waals surface area contributed by atoms with Crippen LogP contribution in [0, 0.1) is 5.92 Å². The van der Waals surface area contributed by atoms with Gasteiger partial charge in [0, 0.05) is 20.6 Å². The van der Waals surface area contributed by atoms with E-state index in [4.69, 9.17) is 0 Å². The van der Waals surface area contributed by atoms with Crippen molar-refractivity contribution in [3.8, 4) is 5.88 Å². The first kappa shape index (κ1) is 22.3. The van der Waals surface area contributed by atoms with Crippen LogP contribution in [0.1, 0.15) is 34.6 Å². The minimum Gasteiger partial charge on any atom is -0.493 e. The Kier molecular flexibility index (Phi) is 6.24. The summed E-state index contributed by atoms with van der Waals surface area (Å²) in [5, 5.41) is 17.6. The Hall–Kier alpha value is -3.04. The van der Waals surface area contributed by atoms with Crippen molar-refractivity contribution in [2.75, 3.05) is 6.54 Å². The molecule has 3 rings (SSSR count). The molecule has 0 atom stereocenters. The second kappa shape index (κ2) is 8.14. The van der Waals surface area contributed by atoms with E-state index in [0.717, 1.165) is 9.13 Å². The van der Waals surface area contributed by atoms with E-state index in [1.54, 1.807) is 0 Å². The van der Waals surface area contributed by atoms with E-state index in [1.807, 2.05) is 13.8 Å². The standard InChI is InChI=1S/C18H19N5O5.Cu/c1-9(2)8-23-14(24)11-6-5-10(7-12(11)15(23)25)19-20-13-16(26)21(3)18(28)22(4)17(13)27;/h5-7,9,26H,8H2,1-4H3;/q;+2. The van der Waals surface area contributed by atoms with E-state index in [1.165, 1.54) is 37.2 Å². The van der Waals surface area contributed by atoms with Crippen molar-refractivity contribution >= 4 is 23.2 Å². The molecular formula is C18H19CuN5O5+2. The molecule has 2 amide bonds. The van der Waals surface area contributed by atoms with Gasteiger partial charge in [-0.15, -0.1) is 5.11 Å². The molecule has 1 N–H and O–H groups in total. The monoisotopic (exact) mass is 448 g/mol. The number of imide groups is 1. The zero-order valence-electron chi connectivity index (χ0n) is 16.1. The Bertz CT molecular complexity index is 1150. The van der Waals surface area contributed by atoms with Gasteiger partial charge in [-0.05, 0) is 24.1 Å². The molecule has 0 saturated carbocycles. The summed E-state index contributed by atoms with van der Waals surface area (Å²) in [6.45, 7) is 4.12. The van der Waals surface area contributed by atoms with Gasteiger partial charge < -0.3 is 5.11 Å². The molecule has 155 valence electrons. The van der Waals surface area contributed by atoms with Crippen molar-refractivity contribution in [2.45, 2.75) is 13.8 Å². The SMILES string of the molecule is CC(C)CN1C(=O)c2ccc(N=Nc3c(O)n(C)c(=O)n(C)c3=O)cc2C1=O.[Cu+2]. The molecule has 11 heteroatoms. The fraction of sp³-hybridized carbons (Fsp3) is 0.333. The number of hydrogen-bond acceptors (Lipinski definition) is 7. The number of carbonyl (C=O) groups is 2. The summed E-state index contributed by atoms with van der Waals surface area (Å²) in [6, 6.07) is 4.36. The van der Waals surface area contributed by atoms with Crippen LogP contribution in [0.5, 0.6) is 5.88 Å². The maximum absolute atomic E-state index is 12.5. The first-order chi connectivity index (χ1) is 13.1. The van der Waals surface area contributed by atoms with Gasteiger partial charge in [-0.1, -0.05) is 13.8 Å². The van der Waals surface area contributed by atoms with Gasteiger partial charge in [0.15, 0.2) is 0 Å². The van der Waals surface area contributed by atoms with Gasteiger partial charge in [-0.25, -0.2) is 4.79 Å². The molecule has 0 spiro atoms. The zero-order valence-corrected chi connectivity index (χ0v) is 17.1. The molecule has 0 fully saturated rings. The van der Waals surface area contributed by atoms with E-state index in [9.17, 15) is 24.3 Å². The van der Waals surface area contributed by atoms with Crippen molar-refractivity contribution in [3.63, 3.8) is 0 Å². The summed E-state index contributed by atoms with van der Waals surface area (Å²) in [6.07, 6.45) is 0. The van der Waals surface area contributed by atoms with Crippen LogP contribution in [-0.4, -0.2) is 37.5 Å². The van der Waals surface area contributed by atoms with Crippen molar-refractivity contribution < 1.29 is 31.8 Å². The van der Waals surface area contributed by atoms with Gasteiger partial charge in [0.05, 0.1) is 16.8 Å². The number of aromatic nitrogens is 2. The summed E-state index contributed by atoms with van der Waals surface area (Å²) in [7, 11) is 2.55. The number of amides is 2. The number of nitrogens with zero attached hydrogens (tertiary/aromatic N) is 5. The number of benzene rings is 1. The van der Waals surface area contributed by atoms with Gasteiger partial charge in [0.1, 0.15) is 0 Å². The van der Waals surface area contributed by atoms with Crippen molar-refractivity contribution in [1.29, 1.82) is 0 Å². The number of rotatable bonds is 4. The van der Waals surface area contributed by atoms with Crippen LogP contribution in [0.3, 0.4) is 0 Å². The number of hydrogen-bond donors (Lipinski definition) is 1. The minimum absolute atomic E-state index is 0. The normalized spacial score (nSPS) is 13.3. The molecule has 0 unspecified atom stereocenters. The second-order valence-electron chi connectivity index (χ2n) is 6.92. The molecular weight excluding hydrogens is 430 g/mol. The summed E-state index contributed by atoms with van der Waals surface area (Å²) >= 11 is 0. The van der Waals surface area contributed by atoms with E-state index in [-0.39, 0.29) is 45.7 Å². The molecule has 0 saturated heterocycles. The zero-order chi connectivity index (χ0) is 20.7. The summed E-state index contributed by atoms with van der Waals surface area (Å²) < 4.78 is 1.66. The molecule has 2 heterocycles. The second-order valence-corrected chi connectivity index (χ2v) is 6.92. The quantitative estimate of drug-likeness (QED) is 0.430.